The molecule has 0 fully saturated rings. The van der Waals surface area contributed by atoms with Gasteiger partial charge in [-0.25, -0.2) is 4.39 Å². The van der Waals surface area contributed by atoms with Gasteiger partial charge in [0.2, 0.25) is 5.91 Å². The van der Waals surface area contributed by atoms with Crippen molar-refractivity contribution >= 4 is 17.5 Å². The average Bonchev–Trinajstić information content (AvgIpc) is 2.59. The summed E-state index contributed by atoms with van der Waals surface area (Å²) in [4.78, 5) is 24.6. The summed E-state index contributed by atoms with van der Waals surface area (Å²) in [6.45, 7) is 3.91. The number of hydrogen-bond donors (Lipinski definition) is 2. The lowest BCUT2D eigenvalue weighted by Gasteiger charge is -2.24. The van der Waals surface area contributed by atoms with Crippen LogP contribution in [0.15, 0.2) is 54.2 Å². The van der Waals surface area contributed by atoms with E-state index in [1.54, 1.807) is 12.1 Å². The number of halogens is 1. The predicted octanol–water partition coefficient (Wildman–Crippen LogP) is 3.57. The third kappa shape index (κ3) is 3.60. The first-order valence-corrected chi connectivity index (χ1v) is 8.08. The van der Waals surface area contributed by atoms with E-state index in [9.17, 15) is 14.0 Å². The van der Waals surface area contributed by atoms with Crippen molar-refractivity contribution < 1.29 is 14.0 Å². The van der Waals surface area contributed by atoms with E-state index in [1.165, 1.54) is 18.3 Å². The number of rotatable bonds is 3. The second-order valence-corrected chi connectivity index (χ2v) is 6.18. The molecule has 128 valence electrons. The highest BCUT2D eigenvalue weighted by atomic mass is 19.1. The largest absolute Gasteiger partial charge is 0.332 e. The minimum absolute atomic E-state index is 0.107. The second-order valence-electron chi connectivity index (χ2n) is 6.18. The van der Waals surface area contributed by atoms with Crippen molar-refractivity contribution in [2.75, 3.05) is 5.32 Å². The van der Waals surface area contributed by atoms with E-state index in [1.807, 2.05) is 32.0 Å². The van der Waals surface area contributed by atoms with Crippen LogP contribution in [0, 0.1) is 19.7 Å². The Balaban J connectivity index is 1.91. The van der Waals surface area contributed by atoms with E-state index < -0.39 is 11.7 Å². The van der Waals surface area contributed by atoms with Gasteiger partial charge in [0.05, 0.1) is 0 Å². The van der Waals surface area contributed by atoms with E-state index in [0.717, 1.165) is 16.8 Å². The van der Waals surface area contributed by atoms with Gasteiger partial charge < -0.3 is 10.6 Å². The lowest BCUT2D eigenvalue weighted by atomic mass is 9.86. The van der Waals surface area contributed by atoms with Crippen molar-refractivity contribution in [1.29, 1.82) is 0 Å². The van der Waals surface area contributed by atoms with Gasteiger partial charge in [-0.05, 0) is 48.7 Å². The second kappa shape index (κ2) is 6.89. The highest BCUT2D eigenvalue weighted by molar-refractivity contribution is 6.06. The summed E-state index contributed by atoms with van der Waals surface area (Å²) in [5, 5.41) is 5.48. The first-order chi connectivity index (χ1) is 12.0. The molecule has 4 nitrogen and oxygen atoms in total. The number of hydrogen-bond acceptors (Lipinski definition) is 2. The first-order valence-electron chi connectivity index (χ1n) is 8.08. The van der Waals surface area contributed by atoms with E-state index in [-0.39, 0.29) is 18.2 Å². The molecule has 1 unspecified atom stereocenters. The molecular formula is C20H19FN2O2. The summed E-state index contributed by atoms with van der Waals surface area (Å²) in [5.41, 5.74) is 3.80. The molecular weight excluding hydrogens is 319 g/mol. The zero-order valence-electron chi connectivity index (χ0n) is 14.1. The molecule has 1 atom stereocenters. The molecule has 0 bridgehead atoms. The number of anilines is 1. The fourth-order valence-electron chi connectivity index (χ4n) is 2.94. The maximum absolute atomic E-state index is 13.6. The molecule has 0 saturated heterocycles. The van der Waals surface area contributed by atoms with Crippen molar-refractivity contribution in [3.63, 3.8) is 0 Å². The summed E-state index contributed by atoms with van der Waals surface area (Å²) in [7, 11) is 0. The van der Waals surface area contributed by atoms with Crippen LogP contribution in [0.25, 0.3) is 0 Å². The van der Waals surface area contributed by atoms with Crippen LogP contribution < -0.4 is 10.6 Å². The maximum atomic E-state index is 13.6. The van der Waals surface area contributed by atoms with Crippen molar-refractivity contribution in [2.24, 2.45) is 0 Å². The van der Waals surface area contributed by atoms with Crippen LogP contribution in [0.4, 0.5) is 10.1 Å². The minimum Gasteiger partial charge on any atom is -0.332 e. The molecule has 0 spiro atoms. The van der Waals surface area contributed by atoms with Crippen LogP contribution in [0.2, 0.25) is 0 Å². The van der Waals surface area contributed by atoms with E-state index in [0.29, 0.717) is 11.1 Å². The molecule has 1 aliphatic rings. The Morgan fingerprint density at radius 3 is 2.72 bits per heavy atom. The van der Waals surface area contributed by atoms with Gasteiger partial charge in [-0.2, -0.15) is 0 Å². The topological polar surface area (TPSA) is 58.2 Å². The third-order valence-corrected chi connectivity index (χ3v) is 4.52. The average molecular weight is 338 g/mol. The zero-order valence-corrected chi connectivity index (χ0v) is 14.1. The van der Waals surface area contributed by atoms with Gasteiger partial charge in [-0.1, -0.05) is 24.3 Å². The van der Waals surface area contributed by atoms with E-state index >= 15 is 0 Å². The Labute approximate surface area is 145 Å². The van der Waals surface area contributed by atoms with Gasteiger partial charge >= 0.3 is 0 Å². The Bertz CT molecular complexity index is 874. The SMILES string of the molecule is Cc1cccc(NC(=O)C2=CNC(=O)CC2c2cccc(F)c2)c1C. The molecule has 1 heterocycles. The lowest BCUT2D eigenvalue weighted by Crippen LogP contribution is -2.32. The van der Waals surface area contributed by atoms with Crippen LogP contribution in [0.5, 0.6) is 0 Å². The number of benzene rings is 2. The highest BCUT2D eigenvalue weighted by Crippen LogP contribution is 2.31. The maximum Gasteiger partial charge on any atom is 0.253 e. The van der Waals surface area contributed by atoms with Crippen LogP contribution >= 0.6 is 0 Å². The number of aryl methyl sites for hydroxylation is 1. The molecule has 2 aromatic carbocycles. The molecule has 0 saturated carbocycles. The summed E-state index contributed by atoms with van der Waals surface area (Å²) in [6, 6.07) is 11.7. The van der Waals surface area contributed by atoms with Crippen molar-refractivity contribution in [3.05, 3.63) is 76.7 Å². The van der Waals surface area contributed by atoms with Gasteiger partial charge in [0.25, 0.3) is 5.91 Å². The molecule has 0 aromatic heterocycles. The number of carbonyl (C=O) groups excluding carboxylic acids is 2. The van der Waals surface area contributed by atoms with E-state index in [4.69, 9.17) is 0 Å². The summed E-state index contributed by atoms with van der Waals surface area (Å²) in [6.07, 6.45) is 1.53. The molecule has 1 aliphatic heterocycles. The predicted molar refractivity (Wildman–Crippen MR) is 94.5 cm³/mol. The molecule has 2 amide bonds. The van der Waals surface area contributed by atoms with Crippen LogP contribution in [-0.2, 0) is 9.59 Å². The Morgan fingerprint density at radius 1 is 1.20 bits per heavy atom. The molecule has 0 radical (unpaired) electrons. The quantitative estimate of drug-likeness (QED) is 0.899. The van der Waals surface area contributed by atoms with Gasteiger partial charge in [0.15, 0.2) is 0 Å². The molecule has 2 N–H and O–H groups in total. The number of amides is 2. The lowest BCUT2D eigenvalue weighted by molar-refractivity contribution is -0.121. The first kappa shape index (κ1) is 16.9. The smallest absolute Gasteiger partial charge is 0.253 e. The van der Waals surface area contributed by atoms with E-state index in [2.05, 4.69) is 10.6 Å². The van der Waals surface area contributed by atoms with Crippen molar-refractivity contribution in [2.45, 2.75) is 26.2 Å². The van der Waals surface area contributed by atoms with Crippen LogP contribution in [0.3, 0.4) is 0 Å². The summed E-state index contributed by atoms with van der Waals surface area (Å²) in [5.74, 6) is -1.37. The summed E-state index contributed by atoms with van der Waals surface area (Å²) < 4.78 is 13.6. The Hall–Kier alpha value is -2.95. The van der Waals surface area contributed by atoms with Gasteiger partial charge in [0, 0.05) is 29.8 Å². The fraction of sp³-hybridized carbons (Fsp3) is 0.200. The normalized spacial score (nSPS) is 16.8. The number of nitrogens with one attached hydrogen (secondary N) is 2. The number of carbonyl (C=O) groups is 2. The zero-order chi connectivity index (χ0) is 18.0. The molecule has 3 rings (SSSR count). The van der Waals surface area contributed by atoms with Crippen LogP contribution in [-0.4, -0.2) is 11.8 Å². The highest BCUT2D eigenvalue weighted by Gasteiger charge is 2.29. The molecule has 5 heteroatoms. The van der Waals surface area contributed by atoms with Crippen molar-refractivity contribution in [1.82, 2.24) is 5.32 Å². The molecule has 2 aromatic rings. The van der Waals surface area contributed by atoms with Gasteiger partial charge in [0.1, 0.15) is 5.82 Å². The fourth-order valence-corrected chi connectivity index (χ4v) is 2.94. The van der Waals surface area contributed by atoms with Crippen LogP contribution in [0.1, 0.15) is 29.0 Å². The Morgan fingerprint density at radius 2 is 1.96 bits per heavy atom. The van der Waals surface area contributed by atoms with Gasteiger partial charge in [-0.3, -0.25) is 9.59 Å². The molecule has 25 heavy (non-hydrogen) atoms. The van der Waals surface area contributed by atoms with Gasteiger partial charge in [-0.15, -0.1) is 0 Å². The third-order valence-electron chi connectivity index (χ3n) is 4.52. The standard InChI is InChI=1S/C20H19FN2O2/c1-12-5-3-8-18(13(12)2)23-20(25)17-11-22-19(24)10-16(17)14-6-4-7-15(21)9-14/h3-9,11,16H,10H2,1-2H3,(H,22,24)(H,23,25). The minimum atomic E-state index is -0.477. The molecule has 0 aliphatic carbocycles. The monoisotopic (exact) mass is 338 g/mol. The summed E-state index contributed by atoms with van der Waals surface area (Å²) >= 11 is 0. The van der Waals surface area contributed by atoms with Crippen molar-refractivity contribution in [3.8, 4) is 0 Å². The Kier molecular flexibility index (Phi) is 4.65.